The van der Waals surface area contributed by atoms with Crippen molar-refractivity contribution in [3.63, 3.8) is 0 Å². The van der Waals surface area contributed by atoms with E-state index in [1.807, 2.05) is 0 Å². The molecule has 7 nitrogen and oxygen atoms in total. The fourth-order valence-corrected chi connectivity index (χ4v) is 2.28. The van der Waals surface area contributed by atoms with Crippen molar-refractivity contribution in [3.05, 3.63) is 28.7 Å². The standard InChI is InChI=1S/C14H21N3O4/c1-20-6-5-17-9-10(3-4-13(17)18)16-14(19)12-7-11(21-2)8-15-12/h3-4,9,11-12,15H,5-8H2,1-2H3,(H,16,19). The zero-order valence-electron chi connectivity index (χ0n) is 12.3. The number of methoxy groups -OCH3 is 2. The fraction of sp³-hybridized carbons (Fsp3) is 0.571. The van der Waals surface area contributed by atoms with Gasteiger partial charge in [0.05, 0.1) is 24.4 Å². The number of rotatable bonds is 6. The maximum absolute atomic E-state index is 12.1. The van der Waals surface area contributed by atoms with Crippen LogP contribution in [-0.2, 0) is 20.8 Å². The van der Waals surface area contributed by atoms with Crippen molar-refractivity contribution in [3.8, 4) is 0 Å². The summed E-state index contributed by atoms with van der Waals surface area (Å²) in [5, 5.41) is 5.93. The van der Waals surface area contributed by atoms with Crippen molar-refractivity contribution in [2.45, 2.75) is 25.1 Å². The van der Waals surface area contributed by atoms with Crippen molar-refractivity contribution in [1.82, 2.24) is 9.88 Å². The predicted molar refractivity (Wildman–Crippen MR) is 78.4 cm³/mol. The highest BCUT2D eigenvalue weighted by atomic mass is 16.5. The summed E-state index contributed by atoms with van der Waals surface area (Å²) < 4.78 is 11.7. The minimum absolute atomic E-state index is 0.0661. The summed E-state index contributed by atoms with van der Waals surface area (Å²) in [6.07, 6.45) is 2.34. The molecule has 0 radical (unpaired) electrons. The topological polar surface area (TPSA) is 81.6 Å². The molecule has 0 aromatic carbocycles. The maximum Gasteiger partial charge on any atom is 0.250 e. The quantitative estimate of drug-likeness (QED) is 0.760. The summed E-state index contributed by atoms with van der Waals surface area (Å²) in [6.45, 7) is 1.56. The van der Waals surface area contributed by atoms with Crippen LogP contribution in [0.1, 0.15) is 6.42 Å². The number of ether oxygens (including phenoxy) is 2. The van der Waals surface area contributed by atoms with Crippen LogP contribution in [0.25, 0.3) is 0 Å². The number of nitrogens with one attached hydrogen (secondary N) is 2. The number of nitrogens with zero attached hydrogens (tertiary/aromatic N) is 1. The summed E-state index contributed by atoms with van der Waals surface area (Å²) in [6, 6.07) is 2.77. The number of carbonyl (C=O) groups excluding carboxylic acids is 1. The number of pyridine rings is 1. The average Bonchev–Trinajstić information content (AvgIpc) is 2.97. The van der Waals surface area contributed by atoms with Crippen LogP contribution in [0.2, 0.25) is 0 Å². The van der Waals surface area contributed by atoms with Gasteiger partial charge < -0.3 is 24.7 Å². The first-order valence-corrected chi connectivity index (χ1v) is 6.90. The Bertz CT molecular complexity index is 543. The van der Waals surface area contributed by atoms with Gasteiger partial charge in [-0.25, -0.2) is 0 Å². The summed E-state index contributed by atoms with van der Waals surface area (Å²) in [7, 11) is 3.22. The van der Waals surface area contributed by atoms with Crippen LogP contribution in [0.5, 0.6) is 0 Å². The van der Waals surface area contributed by atoms with Crippen molar-refractivity contribution in [2.24, 2.45) is 0 Å². The highest BCUT2D eigenvalue weighted by Crippen LogP contribution is 2.12. The second-order valence-electron chi connectivity index (χ2n) is 4.99. The van der Waals surface area contributed by atoms with Gasteiger partial charge in [-0.1, -0.05) is 0 Å². The second kappa shape index (κ2) is 7.35. The number of anilines is 1. The summed E-state index contributed by atoms with van der Waals surface area (Å²) in [5.74, 6) is -0.119. The van der Waals surface area contributed by atoms with Gasteiger partial charge in [-0.15, -0.1) is 0 Å². The molecule has 0 bridgehead atoms. The molecule has 2 rings (SSSR count). The van der Waals surface area contributed by atoms with Crippen LogP contribution < -0.4 is 16.2 Å². The Morgan fingerprint density at radius 1 is 1.48 bits per heavy atom. The molecule has 2 unspecified atom stereocenters. The smallest absolute Gasteiger partial charge is 0.250 e. The molecule has 2 N–H and O–H groups in total. The predicted octanol–water partition coefficient (Wildman–Crippen LogP) is -0.190. The summed E-state index contributed by atoms with van der Waals surface area (Å²) >= 11 is 0. The molecule has 1 saturated heterocycles. The van der Waals surface area contributed by atoms with E-state index >= 15 is 0 Å². The van der Waals surface area contributed by atoms with Gasteiger partial charge in [-0.05, 0) is 12.5 Å². The Hall–Kier alpha value is -1.70. The van der Waals surface area contributed by atoms with E-state index in [4.69, 9.17) is 9.47 Å². The molecular formula is C14H21N3O4. The van der Waals surface area contributed by atoms with Gasteiger partial charge in [-0.2, -0.15) is 0 Å². The molecule has 116 valence electrons. The largest absolute Gasteiger partial charge is 0.383 e. The Morgan fingerprint density at radius 2 is 2.29 bits per heavy atom. The van der Waals surface area contributed by atoms with Crippen LogP contribution in [0.3, 0.4) is 0 Å². The zero-order valence-corrected chi connectivity index (χ0v) is 12.3. The van der Waals surface area contributed by atoms with E-state index in [1.165, 1.54) is 10.6 Å². The van der Waals surface area contributed by atoms with Crippen molar-refractivity contribution >= 4 is 11.6 Å². The molecule has 1 aliphatic rings. The van der Waals surface area contributed by atoms with E-state index in [0.717, 1.165) is 0 Å². The molecule has 21 heavy (non-hydrogen) atoms. The SMILES string of the molecule is COCCn1cc(NC(=O)C2CC(OC)CN2)ccc1=O. The molecule has 2 atom stereocenters. The van der Waals surface area contributed by atoms with Gasteiger partial charge in [0.1, 0.15) is 0 Å². The first-order chi connectivity index (χ1) is 10.1. The Labute approximate surface area is 123 Å². The molecule has 7 heteroatoms. The first-order valence-electron chi connectivity index (χ1n) is 6.90. The molecule has 0 aliphatic carbocycles. The highest BCUT2D eigenvalue weighted by molar-refractivity contribution is 5.94. The lowest BCUT2D eigenvalue weighted by Gasteiger charge is -2.13. The lowest BCUT2D eigenvalue weighted by Crippen LogP contribution is -2.35. The Balaban J connectivity index is 1.99. The second-order valence-corrected chi connectivity index (χ2v) is 4.99. The Morgan fingerprint density at radius 3 is 2.95 bits per heavy atom. The molecule has 1 aromatic heterocycles. The monoisotopic (exact) mass is 295 g/mol. The number of hydrogen-bond acceptors (Lipinski definition) is 5. The molecule has 2 heterocycles. The normalized spacial score (nSPS) is 21.4. The number of aromatic nitrogens is 1. The van der Waals surface area contributed by atoms with Gasteiger partial charge in [-0.3, -0.25) is 9.59 Å². The van der Waals surface area contributed by atoms with Crippen molar-refractivity contribution < 1.29 is 14.3 Å². The van der Waals surface area contributed by atoms with E-state index in [1.54, 1.807) is 26.5 Å². The molecule has 1 fully saturated rings. The number of amides is 1. The lowest BCUT2D eigenvalue weighted by molar-refractivity contribution is -0.118. The van der Waals surface area contributed by atoms with E-state index in [2.05, 4.69) is 10.6 Å². The molecule has 1 amide bonds. The van der Waals surface area contributed by atoms with Crippen molar-refractivity contribution in [1.29, 1.82) is 0 Å². The zero-order chi connectivity index (χ0) is 15.2. The average molecular weight is 295 g/mol. The third-order valence-electron chi connectivity index (χ3n) is 3.53. The van der Waals surface area contributed by atoms with Crippen LogP contribution in [0.15, 0.2) is 23.1 Å². The van der Waals surface area contributed by atoms with E-state index < -0.39 is 0 Å². The van der Waals surface area contributed by atoms with Gasteiger partial charge in [0.15, 0.2) is 0 Å². The minimum atomic E-state index is -0.269. The van der Waals surface area contributed by atoms with Crippen LogP contribution in [0, 0.1) is 0 Å². The lowest BCUT2D eigenvalue weighted by atomic mass is 10.2. The summed E-state index contributed by atoms with van der Waals surface area (Å²) in [4.78, 5) is 23.8. The third kappa shape index (κ3) is 4.13. The van der Waals surface area contributed by atoms with E-state index in [-0.39, 0.29) is 23.6 Å². The molecule has 0 saturated carbocycles. The van der Waals surface area contributed by atoms with Gasteiger partial charge in [0, 0.05) is 39.6 Å². The van der Waals surface area contributed by atoms with E-state index in [9.17, 15) is 9.59 Å². The van der Waals surface area contributed by atoms with Crippen molar-refractivity contribution in [2.75, 3.05) is 32.7 Å². The third-order valence-corrected chi connectivity index (χ3v) is 3.53. The van der Waals surface area contributed by atoms with E-state index in [0.29, 0.717) is 31.8 Å². The minimum Gasteiger partial charge on any atom is -0.383 e. The first kappa shape index (κ1) is 15.7. The molecular weight excluding hydrogens is 274 g/mol. The number of hydrogen-bond donors (Lipinski definition) is 2. The van der Waals surface area contributed by atoms with Crippen LogP contribution >= 0.6 is 0 Å². The summed E-state index contributed by atoms with van der Waals surface area (Å²) in [5.41, 5.74) is 0.474. The fourth-order valence-electron chi connectivity index (χ4n) is 2.28. The van der Waals surface area contributed by atoms with Crippen LogP contribution in [0.4, 0.5) is 5.69 Å². The molecule has 1 aliphatic heterocycles. The van der Waals surface area contributed by atoms with Gasteiger partial charge >= 0.3 is 0 Å². The Kier molecular flexibility index (Phi) is 5.49. The number of carbonyl (C=O) groups is 1. The molecule has 1 aromatic rings. The maximum atomic E-state index is 12.1. The highest BCUT2D eigenvalue weighted by Gasteiger charge is 2.29. The van der Waals surface area contributed by atoms with Gasteiger partial charge in [0.25, 0.3) is 5.56 Å². The van der Waals surface area contributed by atoms with Crippen LogP contribution in [-0.4, -0.2) is 50.0 Å². The molecule has 0 spiro atoms. The van der Waals surface area contributed by atoms with Gasteiger partial charge in [0.2, 0.25) is 5.91 Å².